The molecule has 3 heterocycles. The maximum absolute atomic E-state index is 12.6. The van der Waals surface area contributed by atoms with Gasteiger partial charge in [-0.1, -0.05) is 18.2 Å². The van der Waals surface area contributed by atoms with Gasteiger partial charge < -0.3 is 15.0 Å². The molecular formula is C21H22N2O5S2. The molecule has 1 amide bonds. The summed E-state index contributed by atoms with van der Waals surface area (Å²) in [4.78, 5) is 28.9. The first-order valence-electron chi connectivity index (χ1n) is 9.75. The Hall–Kier alpha value is -2.65. The first-order chi connectivity index (χ1) is 14.4. The Morgan fingerprint density at radius 1 is 1.27 bits per heavy atom. The molecule has 1 aromatic carbocycles. The quantitative estimate of drug-likeness (QED) is 0.564. The highest BCUT2D eigenvalue weighted by Gasteiger charge is 2.32. The molecule has 1 aliphatic heterocycles. The monoisotopic (exact) mass is 446 g/mol. The first kappa shape index (κ1) is 20.6. The van der Waals surface area contributed by atoms with Crippen molar-refractivity contribution in [2.75, 3.05) is 17.7 Å². The van der Waals surface area contributed by atoms with E-state index in [1.807, 2.05) is 30.5 Å². The molecule has 1 aliphatic rings. The largest absolute Gasteiger partial charge is 0.462 e. The molecule has 0 spiro atoms. The number of fused-ring (bicyclic) bond motifs is 2. The molecule has 2 N–H and O–H groups in total. The van der Waals surface area contributed by atoms with Crippen molar-refractivity contribution in [3.63, 3.8) is 0 Å². The van der Waals surface area contributed by atoms with Crippen LogP contribution in [0.25, 0.3) is 10.9 Å². The van der Waals surface area contributed by atoms with Crippen LogP contribution in [-0.2, 0) is 38.0 Å². The zero-order valence-electron chi connectivity index (χ0n) is 16.5. The number of thiophene rings is 1. The number of carbonyl (C=O) groups excluding carboxylic acids is 2. The Morgan fingerprint density at radius 2 is 2.07 bits per heavy atom. The third kappa shape index (κ3) is 4.13. The van der Waals surface area contributed by atoms with Gasteiger partial charge in [-0.25, -0.2) is 13.2 Å². The van der Waals surface area contributed by atoms with Crippen LogP contribution < -0.4 is 5.32 Å². The molecule has 0 aliphatic carbocycles. The molecule has 7 nitrogen and oxygen atoms in total. The number of aromatic nitrogens is 1. The summed E-state index contributed by atoms with van der Waals surface area (Å²) in [5.74, 6) is -0.865. The zero-order valence-corrected chi connectivity index (χ0v) is 18.1. The van der Waals surface area contributed by atoms with Crippen LogP contribution in [0.1, 0.15) is 39.7 Å². The zero-order chi connectivity index (χ0) is 21.3. The number of anilines is 1. The van der Waals surface area contributed by atoms with E-state index in [4.69, 9.17) is 4.74 Å². The van der Waals surface area contributed by atoms with Gasteiger partial charge in [0.05, 0.1) is 23.7 Å². The van der Waals surface area contributed by atoms with E-state index in [1.54, 1.807) is 6.92 Å². The van der Waals surface area contributed by atoms with Crippen LogP contribution in [0.3, 0.4) is 0 Å². The van der Waals surface area contributed by atoms with E-state index < -0.39 is 15.8 Å². The summed E-state index contributed by atoms with van der Waals surface area (Å²) in [5, 5.41) is 4.27. The molecule has 30 heavy (non-hydrogen) atoms. The highest BCUT2D eigenvalue weighted by Crippen LogP contribution is 2.38. The molecule has 0 saturated heterocycles. The molecule has 0 bridgehead atoms. The van der Waals surface area contributed by atoms with Crippen LogP contribution in [0.15, 0.2) is 30.5 Å². The number of rotatable bonds is 6. The van der Waals surface area contributed by atoms with Gasteiger partial charge in [0.2, 0.25) is 5.91 Å². The van der Waals surface area contributed by atoms with Crippen molar-refractivity contribution in [2.45, 2.75) is 31.9 Å². The fraction of sp³-hybridized carbons (Fsp3) is 0.333. The van der Waals surface area contributed by atoms with E-state index in [0.717, 1.165) is 27.8 Å². The lowest BCUT2D eigenvalue weighted by atomic mass is 10.1. The molecule has 0 radical (unpaired) electrons. The number of benzene rings is 1. The van der Waals surface area contributed by atoms with Gasteiger partial charge in [-0.2, -0.15) is 0 Å². The van der Waals surface area contributed by atoms with Crippen molar-refractivity contribution in [3.8, 4) is 0 Å². The third-order valence-corrected chi connectivity index (χ3v) is 8.02. The number of para-hydroxylation sites is 1. The highest BCUT2D eigenvalue weighted by molar-refractivity contribution is 7.90. The van der Waals surface area contributed by atoms with Crippen molar-refractivity contribution in [3.05, 3.63) is 52.0 Å². The second-order valence-corrected chi connectivity index (χ2v) is 10.5. The van der Waals surface area contributed by atoms with Crippen molar-refractivity contribution >= 4 is 49.0 Å². The Labute approximate surface area is 178 Å². The molecule has 158 valence electrons. The standard InChI is InChI=1S/C21H22N2O5S2/c1-2-28-21(25)19-15-9-10-30(26,27)12-17(15)29-20(19)23-18(24)8-7-13-11-22-16-6-4-3-5-14(13)16/h3-6,11,22H,2,7-10,12H2,1H3,(H,23,24). The van der Waals surface area contributed by atoms with E-state index >= 15 is 0 Å². The second-order valence-electron chi connectivity index (χ2n) is 7.18. The number of hydrogen-bond acceptors (Lipinski definition) is 6. The lowest BCUT2D eigenvalue weighted by molar-refractivity contribution is -0.116. The van der Waals surface area contributed by atoms with E-state index in [-0.39, 0.29) is 36.9 Å². The summed E-state index contributed by atoms with van der Waals surface area (Å²) < 4.78 is 29.1. The topological polar surface area (TPSA) is 105 Å². The van der Waals surface area contributed by atoms with Gasteiger partial charge in [0.15, 0.2) is 9.84 Å². The van der Waals surface area contributed by atoms with Gasteiger partial charge in [-0.3, -0.25) is 4.79 Å². The molecule has 4 rings (SSSR count). The molecule has 0 saturated carbocycles. The number of esters is 1. The second kappa shape index (κ2) is 8.23. The van der Waals surface area contributed by atoms with E-state index in [9.17, 15) is 18.0 Å². The summed E-state index contributed by atoms with van der Waals surface area (Å²) >= 11 is 1.15. The van der Waals surface area contributed by atoms with E-state index in [1.165, 1.54) is 0 Å². The average Bonchev–Trinajstić information content (AvgIpc) is 3.26. The summed E-state index contributed by atoms with van der Waals surface area (Å²) in [6, 6.07) is 7.89. The van der Waals surface area contributed by atoms with Gasteiger partial charge in [-0.15, -0.1) is 11.3 Å². The number of carbonyl (C=O) groups is 2. The Balaban J connectivity index is 1.53. The number of ether oxygens (including phenoxy) is 1. The fourth-order valence-electron chi connectivity index (χ4n) is 3.71. The maximum atomic E-state index is 12.6. The molecule has 0 unspecified atom stereocenters. The van der Waals surface area contributed by atoms with Crippen LogP contribution >= 0.6 is 11.3 Å². The number of aromatic amines is 1. The third-order valence-electron chi connectivity index (χ3n) is 5.13. The summed E-state index contributed by atoms with van der Waals surface area (Å²) in [5.41, 5.74) is 3.04. The normalized spacial score (nSPS) is 15.0. The van der Waals surface area contributed by atoms with Crippen LogP contribution in [0.2, 0.25) is 0 Å². The number of aryl methyl sites for hydroxylation is 1. The lowest BCUT2D eigenvalue weighted by Gasteiger charge is -2.13. The summed E-state index contributed by atoms with van der Waals surface area (Å²) in [6.07, 6.45) is 2.94. The Bertz CT molecular complexity index is 1220. The van der Waals surface area contributed by atoms with Crippen molar-refractivity contribution < 1.29 is 22.7 Å². The van der Waals surface area contributed by atoms with Gasteiger partial charge >= 0.3 is 5.97 Å². The molecule has 0 atom stereocenters. The molecule has 2 aromatic heterocycles. The van der Waals surface area contributed by atoms with Crippen LogP contribution in [-0.4, -0.2) is 37.6 Å². The van der Waals surface area contributed by atoms with Crippen LogP contribution in [0, 0.1) is 0 Å². The number of amides is 1. The number of sulfone groups is 1. The average molecular weight is 447 g/mol. The molecule has 3 aromatic rings. The van der Waals surface area contributed by atoms with Crippen LogP contribution in [0.4, 0.5) is 5.00 Å². The first-order valence-corrected chi connectivity index (χ1v) is 12.4. The Kier molecular flexibility index (Phi) is 5.66. The predicted molar refractivity (Wildman–Crippen MR) is 117 cm³/mol. The SMILES string of the molecule is CCOC(=O)c1c(NC(=O)CCc2c[nH]c3ccccc23)sc2c1CCS(=O)(=O)C2. The van der Waals surface area contributed by atoms with E-state index in [2.05, 4.69) is 10.3 Å². The fourth-order valence-corrected chi connectivity index (χ4v) is 6.76. The summed E-state index contributed by atoms with van der Waals surface area (Å²) in [7, 11) is -3.18. The van der Waals surface area contributed by atoms with Crippen molar-refractivity contribution in [1.29, 1.82) is 0 Å². The van der Waals surface area contributed by atoms with E-state index in [0.29, 0.717) is 27.4 Å². The molecular weight excluding hydrogens is 424 g/mol. The van der Waals surface area contributed by atoms with Crippen LogP contribution in [0.5, 0.6) is 0 Å². The van der Waals surface area contributed by atoms with Gasteiger partial charge in [0, 0.05) is 28.4 Å². The van der Waals surface area contributed by atoms with Gasteiger partial charge in [0.1, 0.15) is 5.00 Å². The Morgan fingerprint density at radius 3 is 2.87 bits per heavy atom. The number of H-pyrrole nitrogens is 1. The van der Waals surface area contributed by atoms with Crippen molar-refractivity contribution in [2.24, 2.45) is 0 Å². The van der Waals surface area contributed by atoms with Gasteiger partial charge in [0.25, 0.3) is 0 Å². The summed E-state index contributed by atoms with van der Waals surface area (Å²) in [6.45, 7) is 1.91. The van der Waals surface area contributed by atoms with Gasteiger partial charge in [-0.05, 0) is 37.0 Å². The number of hydrogen-bond donors (Lipinski definition) is 2. The highest BCUT2D eigenvalue weighted by atomic mass is 32.2. The maximum Gasteiger partial charge on any atom is 0.341 e. The lowest BCUT2D eigenvalue weighted by Crippen LogP contribution is -2.20. The minimum Gasteiger partial charge on any atom is -0.462 e. The molecule has 0 fully saturated rings. The van der Waals surface area contributed by atoms with Crippen molar-refractivity contribution in [1.82, 2.24) is 4.98 Å². The number of nitrogens with one attached hydrogen (secondary N) is 2. The molecule has 9 heteroatoms. The predicted octanol–water partition coefficient (Wildman–Crippen LogP) is 3.45. The smallest absolute Gasteiger partial charge is 0.341 e. The minimum atomic E-state index is -3.18. The minimum absolute atomic E-state index is 0.00289.